The van der Waals surface area contributed by atoms with Crippen LogP contribution in [0, 0.1) is 17.2 Å². The lowest BCUT2D eigenvalue weighted by Crippen LogP contribution is -2.41. The molecule has 1 aliphatic rings. The SMILES string of the molecule is CC(=O)NCC1CCCN(c2c(C#N)cnc3ccc(OC(F)F)cc23)C1. The van der Waals surface area contributed by atoms with Gasteiger partial charge in [-0.2, -0.15) is 14.0 Å². The number of carbonyl (C=O) groups is 1. The van der Waals surface area contributed by atoms with E-state index in [4.69, 9.17) is 0 Å². The Morgan fingerprint density at radius 3 is 3.04 bits per heavy atom. The number of nitriles is 1. The monoisotopic (exact) mass is 374 g/mol. The maximum Gasteiger partial charge on any atom is 0.387 e. The number of nitrogens with one attached hydrogen (secondary N) is 1. The molecule has 0 radical (unpaired) electrons. The van der Waals surface area contributed by atoms with Crippen LogP contribution in [0.4, 0.5) is 14.5 Å². The minimum atomic E-state index is -2.92. The molecule has 1 amide bonds. The van der Waals surface area contributed by atoms with E-state index >= 15 is 0 Å². The molecule has 1 atom stereocenters. The number of rotatable bonds is 5. The van der Waals surface area contributed by atoms with Crippen molar-refractivity contribution < 1.29 is 18.3 Å². The number of carbonyl (C=O) groups excluding carboxylic acids is 1. The first-order valence-electron chi connectivity index (χ1n) is 8.75. The highest BCUT2D eigenvalue weighted by atomic mass is 19.3. The van der Waals surface area contributed by atoms with E-state index in [1.54, 1.807) is 6.07 Å². The molecule has 1 N–H and O–H groups in total. The second-order valence-corrected chi connectivity index (χ2v) is 6.58. The summed E-state index contributed by atoms with van der Waals surface area (Å²) in [5.41, 5.74) is 1.67. The van der Waals surface area contributed by atoms with E-state index < -0.39 is 6.61 Å². The number of amides is 1. The van der Waals surface area contributed by atoms with Gasteiger partial charge in [0.05, 0.1) is 16.8 Å². The second kappa shape index (κ2) is 8.16. The molecule has 142 valence electrons. The van der Waals surface area contributed by atoms with E-state index in [-0.39, 0.29) is 17.6 Å². The number of benzene rings is 1. The molecule has 0 spiro atoms. The molecule has 1 saturated heterocycles. The van der Waals surface area contributed by atoms with Crippen LogP contribution < -0.4 is 15.0 Å². The van der Waals surface area contributed by atoms with E-state index in [1.807, 2.05) is 0 Å². The highest BCUT2D eigenvalue weighted by molar-refractivity contribution is 5.95. The number of hydrogen-bond acceptors (Lipinski definition) is 5. The zero-order valence-corrected chi connectivity index (χ0v) is 14.9. The minimum Gasteiger partial charge on any atom is -0.435 e. The van der Waals surface area contributed by atoms with Crippen LogP contribution in [0.25, 0.3) is 10.9 Å². The van der Waals surface area contributed by atoms with Gasteiger partial charge in [-0.1, -0.05) is 0 Å². The third-order valence-corrected chi connectivity index (χ3v) is 4.63. The highest BCUT2D eigenvalue weighted by Gasteiger charge is 2.24. The van der Waals surface area contributed by atoms with Gasteiger partial charge in [-0.05, 0) is 37.0 Å². The fourth-order valence-electron chi connectivity index (χ4n) is 3.48. The Labute approximate surface area is 155 Å². The lowest BCUT2D eigenvalue weighted by atomic mass is 9.96. The molecular formula is C19H20F2N4O2. The van der Waals surface area contributed by atoms with Gasteiger partial charge in [0.2, 0.25) is 5.91 Å². The fourth-order valence-corrected chi connectivity index (χ4v) is 3.48. The predicted molar refractivity (Wildman–Crippen MR) is 96.7 cm³/mol. The average Bonchev–Trinajstić information content (AvgIpc) is 2.65. The number of anilines is 1. The summed E-state index contributed by atoms with van der Waals surface area (Å²) in [6, 6.07) is 6.69. The molecule has 6 nitrogen and oxygen atoms in total. The summed E-state index contributed by atoms with van der Waals surface area (Å²) in [7, 11) is 0. The Balaban J connectivity index is 1.97. The third kappa shape index (κ3) is 4.42. The Kier molecular flexibility index (Phi) is 5.69. The number of hydrogen-bond donors (Lipinski definition) is 1. The lowest BCUT2D eigenvalue weighted by Gasteiger charge is -2.35. The van der Waals surface area contributed by atoms with Crippen LogP contribution >= 0.6 is 0 Å². The summed E-state index contributed by atoms with van der Waals surface area (Å²) >= 11 is 0. The number of fused-ring (bicyclic) bond motifs is 1. The predicted octanol–water partition coefficient (Wildman–Crippen LogP) is 3.06. The van der Waals surface area contributed by atoms with Crippen molar-refractivity contribution in [3.05, 3.63) is 30.0 Å². The number of ether oxygens (including phenoxy) is 1. The largest absolute Gasteiger partial charge is 0.435 e. The van der Waals surface area contributed by atoms with Crippen LogP contribution in [0.5, 0.6) is 5.75 Å². The number of piperidine rings is 1. The van der Waals surface area contributed by atoms with Crippen LogP contribution in [-0.4, -0.2) is 37.1 Å². The molecule has 27 heavy (non-hydrogen) atoms. The zero-order valence-electron chi connectivity index (χ0n) is 14.9. The van der Waals surface area contributed by atoms with Crippen LogP contribution in [0.2, 0.25) is 0 Å². The number of aromatic nitrogens is 1. The Bertz CT molecular complexity index is 882. The maximum absolute atomic E-state index is 12.6. The van der Waals surface area contributed by atoms with Gasteiger partial charge in [-0.15, -0.1) is 0 Å². The summed E-state index contributed by atoms with van der Waals surface area (Å²) in [6.07, 6.45) is 3.39. The molecule has 0 aliphatic carbocycles. The van der Waals surface area contributed by atoms with Gasteiger partial charge in [-0.3, -0.25) is 9.78 Å². The van der Waals surface area contributed by atoms with Gasteiger partial charge >= 0.3 is 6.61 Å². The Hall–Kier alpha value is -2.95. The molecule has 1 fully saturated rings. The number of pyridine rings is 1. The molecular weight excluding hydrogens is 354 g/mol. The van der Waals surface area contributed by atoms with E-state index in [0.717, 1.165) is 19.4 Å². The van der Waals surface area contributed by atoms with Gasteiger partial charge < -0.3 is 15.0 Å². The number of halogens is 2. The number of nitrogens with zero attached hydrogens (tertiary/aromatic N) is 3. The van der Waals surface area contributed by atoms with E-state index in [2.05, 4.69) is 26.0 Å². The van der Waals surface area contributed by atoms with E-state index in [0.29, 0.717) is 35.2 Å². The smallest absolute Gasteiger partial charge is 0.387 e. The van der Waals surface area contributed by atoms with Crippen molar-refractivity contribution in [2.24, 2.45) is 5.92 Å². The van der Waals surface area contributed by atoms with Crippen LogP contribution in [-0.2, 0) is 4.79 Å². The second-order valence-electron chi connectivity index (χ2n) is 6.58. The topological polar surface area (TPSA) is 78.3 Å². The molecule has 8 heteroatoms. The molecule has 2 heterocycles. The zero-order chi connectivity index (χ0) is 19.4. The van der Waals surface area contributed by atoms with Crippen molar-refractivity contribution in [2.75, 3.05) is 24.5 Å². The van der Waals surface area contributed by atoms with Crippen LogP contribution in [0.1, 0.15) is 25.3 Å². The first-order chi connectivity index (χ1) is 13.0. The first-order valence-corrected chi connectivity index (χ1v) is 8.75. The molecule has 0 saturated carbocycles. The molecule has 0 bridgehead atoms. The fraction of sp³-hybridized carbons (Fsp3) is 0.421. The normalized spacial score (nSPS) is 17.0. The maximum atomic E-state index is 12.6. The molecule has 1 unspecified atom stereocenters. The van der Waals surface area contributed by atoms with Gasteiger partial charge in [-0.25, -0.2) is 0 Å². The van der Waals surface area contributed by atoms with Crippen LogP contribution in [0.3, 0.4) is 0 Å². The van der Waals surface area contributed by atoms with Crippen LogP contribution in [0.15, 0.2) is 24.4 Å². The van der Waals surface area contributed by atoms with Crippen molar-refractivity contribution in [1.82, 2.24) is 10.3 Å². The summed E-state index contributed by atoms with van der Waals surface area (Å²) in [5, 5.41) is 13.0. The van der Waals surface area contributed by atoms with Crippen molar-refractivity contribution >= 4 is 22.5 Å². The van der Waals surface area contributed by atoms with Gasteiger partial charge in [0.1, 0.15) is 11.8 Å². The van der Waals surface area contributed by atoms with Crippen molar-refractivity contribution in [3.8, 4) is 11.8 Å². The summed E-state index contributed by atoms with van der Waals surface area (Å²) in [4.78, 5) is 17.5. The van der Waals surface area contributed by atoms with Gasteiger partial charge in [0, 0.05) is 38.1 Å². The van der Waals surface area contributed by atoms with E-state index in [9.17, 15) is 18.8 Å². The average molecular weight is 374 g/mol. The Morgan fingerprint density at radius 1 is 1.52 bits per heavy atom. The molecule has 1 aliphatic heterocycles. The molecule has 3 rings (SSSR count). The van der Waals surface area contributed by atoms with Gasteiger partial charge in [0.15, 0.2) is 0 Å². The molecule has 1 aromatic heterocycles. The van der Waals surface area contributed by atoms with Crippen molar-refractivity contribution in [3.63, 3.8) is 0 Å². The first kappa shape index (κ1) is 18.8. The minimum absolute atomic E-state index is 0.0300. The molecule has 2 aromatic rings. The lowest BCUT2D eigenvalue weighted by molar-refractivity contribution is -0.119. The Morgan fingerprint density at radius 2 is 2.33 bits per heavy atom. The third-order valence-electron chi connectivity index (χ3n) is 4.63. The standard InChI is InChI=1S/C19H20F2N4O2/c1-12(26)23-9-13-3-2-6-25(11-13)18-14(8-22)10-24-17-5-4-15(7-16(17)18)27-19(20)21/h4-5,7,10,13,19H,2-3,6,9,11H2,1H3,(H,23,26). The van der Waals surface area contributed by atoms with Crippen molar-refractivity contribution in [1.29, 1.82) is 5.26 Å². The van der Waals surface area contributed by atoms with E-state index in [1.165, 1.54) is 25.3 Å². The van der Waals surface area contributed by atoms with Crippen molar-refractivity contribution in [2.45, 2.75) is 26.4 Å². The highest BCUT2D eigenvalue weighted by Crippen LogP contribution is 2.34. The summed E-state index contributed by atoms with van der Waals surface area (Å²) < 4.78 is 29.7. The molecule has 1 aromatic carbocycles. The van der Waals surface area contributed by atoms with Gasteiger partial charge in [0.25, 0.3) is 0 Å². The summed E-state index contributed by atoms with van der Waals surface area (Å²) in [6.45, 7) is 0.527. The quantitative estimate of drug-likeness (QED) is 0.870. The number of alkyl halides is 2. The summed E-state index contributed by atoms with van der Waals surface area (Å²) in [5.74, 6) is 0.202.